The van der Waals surface area contributed by atoms with Gasteiger partial charge in [0.1, 0.15) is 17.5 Å². The van der Waals surface area contributed by atoms with Crippen LogP contribution in [0.2, 0.25) is 0 Å². The van der Waals surface area contributed by atoms with Gasteiger partial charge in [0, 0.05) is 51.5 Å². The van der Waals surface area contributed by atoms with Crippen molar-refractivity contribution in [3.8, 4) is 0 Å². The van der Waals surface area contributed by atoms with Crippen molar-refractivity contribution in [1.29, 1.82) is 0 Å². The van der Waals surface area contributed by atoms with E-state index in [1.54, 1.807) is 12.4 Å². The van der Waals surface area contributed by atoms with Crippen molar-refractivity contribution in [1.82, 2.24) is 29.6 Å². The summed E-state index contributed by atoms with van der Waals surface area (Å²) in [7, 11) is 2.09. The second-order valence-electron chi connectivity index (χ2n) is 7.17. The molecule has 8 nitrogen and oxygen atoms in total. The molecular weight excluding hydrogens is 330 g/mol. The van der Waals surface area contributed by atoms with Crippen LogP contribution in [0, 0.1) is 6.92 Å². The molecule has 2 aliphatic heterocycles. The number of aromatic nitrogens is 5. The molecule has 8 heteroatoms. The molecule has 4 heterocycles. The first-order valence-electron chi connectivity index (χ1n) is 9.43. The number of morpholine rings is 1. The van der Waals surface area contributed by atoms with Gasteiger partial charge in [-0.25, -0.2) is 4.98 Å². The topological polar surface area (TPSA) is 72.2 Å². The van der Waals surface area contributed by atoms with Gasteiger partial charge in [-0.05, 0) is 19.8 Å². The molecule has 2 aromatic heterocycles. The number of hydrogen-bond donors (Lipinski definition) is 0. The third kappa shape index (κ3) is 3.57. The first-order chi connectivity index (χ1) is 12.7. The average Bonchev–Trinajstić information content (AvgIpc) is 3.03. The molecule has 0 radical (unpaired) electrons. The molecule has 26 heavy (non-hydrogen) atoms. The predicted molar refractivity (Wildman–Crippen MR) is 98.1 cm³/mol. The summed E-state index contributed by atoms with van der Waals surface area (Å²) >= 11 is 0. The fourth-order valence-corrected chi connectivity index (χ4v) is 3.92. The number of hydrogen-bond acceptors (Lipinski definition) is 7. The Hall–Kier alpha value is -2.06. The van der Waals surface area contributed by atoms with Crippen LogP contribution in [0.3, 0.4) is 0 Å². The van der Waals surface area contributed by atoms with Gasteiger partial charge in [-0.1, -0.05) is 0 Å². The van der Waals surface area contributed by atoms with Gasteiger partial charge in [0.25, 0.3) is 0 Å². The minimum absolute atomic E-state index is 0.376. The Morgan fingerprint density at radius 1 is 1.12 bits per heavy atom. The highest BCUT2D eigenvalue weighted by Gasteiger charge is 2.28. The lowest BCUT2D eigenvalue weighted by Crippen LogP contribution is -2.37. The molecule has 140 valence electrons. The summed E-state index contributed by atoms with van der Waals surface area (Å²) in [4.78, 5) is 13.6. The number of rotatable bonds is 4. The summed E-state index contributed by atoms with van der Waals surface area (Å²) in [5, 5.41) is 9.03. The summed E-state index contributed by atoms with van der Waals surface area (Å²) in [6, 6.07) is 0. The molecule has 0 aliphatic carbocycles. The van der Waals surface area contributed by atoms with Crippen molar-refractivity contribution in [3.05, 3.63) is 29.7 Å². The van der Waals surface area contributed by atoms with Gasteiger partial charge in [0.2, 0.25) is 0 Å². The van der Waals surface area contributed by atoms with Crippen LogP contribution < -0.4 is 4.90 Å². The van der Waals surface area contributed by atoms with E-state index in [2.05, 4.69) is 41.6 Å². The van der Waals surface area contributed by atoms with E-state index in [1.165, 1.54) is 0 Å². The Balaban J connectivity index is 1.48. The monoisotopic (exact) mass is 357 g/mol. The van der Waals surface area contributed by atoms with Crippen LogP contribution in [0.25, 0.3) is 0 Å². The van der Waals surface area contributed by atoms with E-state index >= 15 is 0 Å². The maximum absolute atomic E-state index is 5.43. The van der Waals surface area contributed by atoms with Gasteiger partial charge in [-0.3, -0.25) is 9.88 Å². The molecule has 4 rings (SSSR count). The van der Waals surface area contributed by atoms with Crippen LogP contribution in [0.5, 0.6) is 0 Å². The second-order valence-corrected chi connectivity index (χ2v) is 7.17. The summed E-state index contributed by atoms with van der Waals surface area (Å²) in [5.41, 5.74) is 0.985. The quantitative estimate of drug-likeness (QED) is 0.812. The van der Waals surface area contributed by atoms with Crippen LogP contribution in [-0.2, 0) is 18.3 Å². The molecule has 0 spiro atoms. The molecule has 0 bridgehead atoms. The summed E-state index contributed by atoms with van der Waals surface area (Å²) < 4.78 is 7.62. The Morgan fingerprint density at radius 2 is 1.92 bits per heavy atom. The summed E-state index contributed by atoms with van der Waals surface area (Å²) in [6.45, 7) is 8.34. The molecule has 0 unspecified atom stereocenters. The number of ether oxygens (including phenoxy) is 1. The van der Waals surface area contributed by atoms with Crippen LogP contribution in [0.1, 0.15) is 36.1 Å². The normalized spacial score (nSPS) is 21.9. The lowest BCUT2D eigenvalue weighted by Gasteiger charge is -2.33. The molecule has 0 saturated carbocycles. The fraction of sp³-hybridized carbons (Fsp3) is 0.667. The zero-order valence-electron chi connectivity index (χ0n) is 15.6. The molecule has 0 aromatic carbocycles. The maximum Gasteiger partial charge on any atom is 0.150 e. The van der Waals surface area contributed by atoms with Gasteiger partial charge in [0.05, 0.1) is 25.5 Å². The molecule has 2 aliphatic rings. The highest BCUT2D eigenvalue weighted by atomic mass is 16.5. The van der Waals surface area contributed by atoms with E-state index in [9.17, 15) is 0 Å². The van der Waals surface area contributed by atoms with E-state index in [0.717, 1.165) is 81.9 Å². The summed E-state index contributed by atoms with van der Waals surface area (Å²) in [6.07, 6.45) is 5.79. The van der Waals surface area contributed by atoms with E-state index in [-0.39, 0.29) is 0 Å². The van der Waals surface area contributed by atoms with Gasteiger partial charge in [-0.2, -0.15) is 0 Å². The SMILES string of the molecule is Cc1nccnc1N1CCC[C@@H](c2nnc(CN3CCOCC3)n2C)C1. The Kier molecular flexibility index (Phi) is 5.12. The largest absolute Gasteiger partial charge is 0.379 e. The Labute approximate surface area is 154 Å². The molecular formula is C18H27N7O. The van der Waals surface area contributed by atoms with Crippen LogP contribution >= 0.6 is 0 Å². The lowest BCUT2D eigenvalue weighted by atomic mass is 9.97. The van der Waals surface area contributed by atoms with Crippen molar-refractivity contribution >= 4 is 5.82 Å². The van der Waals surface area contributed by atoms with E-state index < -0.39 is 0 Å². The molecule has 2 saturated heterocycles. The van der Waals surface area contributed by atoms with Crippen molar-refractivity contribution in [2.24, 2.45) is 7.05 Å². The van der Waals surface area contributed by atoms with Gasteiger partial charge in [-0.15, -0.1) is 10.2 Å². The first kappa shape index (κ1) is 17.4. The van der Waals surface area contributed by atoms with Crippen LogP contribution in [0.15, 0.2) is 12.4 Å². The Bertz CT molecular complexity index is 741. The van der Waals surface area contributed by atoms with Gasteiger partial charge >= 0.3 is 0 Å². The molecule has 0 amide bonds. The fourth-order valence-electron chi connectivity index (χ4n) is 3.92. The van der Waals surface area contributed by atoms with E-state index in [0.29, 0.717) is 5.92 Å². The zero-order valence-corrected chi connectivity index (χ0v) is 15.6. The smallest absolute Gasteiger partial charge is 0.150 e. The van der Waals surface area contributed by atoms with Crippen molar-refractivity contribution in [2.45, 2.75) is 32.2 Å². The third-order valence-electron chi connectivity index (χ3n) is 5.41. The Morgan fingerprint density at radius 3 is 2.73 bits per heavy atom. The van der Waals surface area contributed by atoms with E-state index in [1.807, 2.05) is 6.92 Å². The van der Waals surface area contributed by atoms with Crippen LogP contribution in [0.4, 0.5) is 5.82 Å². The average molecular weight is 357 g/mol. The van der Waals surface area contributed by atoms with Crippen LogP contribution in [-0.4, -0.2) is 69.0 Å². The number of aryl methyl sites for hydroxylation is 1. The van der Waals surface area contributed by atoms with Crippen molar-refractivity contribution < 1.29 is 4.74 Å². The number of anilines is 1. The zero-order chi connectivity index (χ0) is 17.9. The molecule has 2 fully saturated rings. The molecule has 2 aromatic rings. The van der Waals surface area contributed by atoms with Gasteiger partial charge in [0.15, 0.2) is 0 Å². The number of nitrogens with zero attached hydrogens (tertiary/aromatic N) is 7. The summed E-state index contributed by atoms with van der Waals surface area (Å²) in [5.74, 6) is 3.49. The predicted octanol–water partition coefficient (Wildman–Crippen LogP) is 1.13. The number of piperidine rings is 1. The maximum atomic E-state index is 5.43. The van der Waals surface area contributed by atoms with Crippen molar-refractivity contribution in [3.63, 3.8) is 0 Å². The highest BCUT2D eigenvalue weighted by Crippen LogP contribution is 2.29. The van der Waals surface area contributed by atoms with Gasteiger partial charge < -0.3 is 14.2 Å². The first-order valence-corrected chi connectivity index (χ1v) is 9.43. The molecule has 0 N–H and O–H groups in total. The second kappa shape index (κ2) is 7.67. The standard InChI is InChI=1S/C18H27N7O/c1-14-17(20-6-5-19-14)25-7-3-4-15(12-25)18-22-21-16(23(18)2)13-24-8-10-26-11-9-24/h5-6,15H,3-4,7-13H2,1-2H3/t15-/m1/s1. The van der Waals surface area contributed by atoms with Crippen molar-refractivity contribution in [2.75, 3.05) is 44.3 Å². The third-order valence-corrected chi connectivity index (χ3v) is 5.41. The highest BCUT2D eigenvalue weighted by molar-refractivity contribution is 5.43. The minimum atomic E-state index is 0.376. The van der Waals surface area contributed by atoms with E-state index in [4.69, 9.17) is 4.74 Å². The lowest BCUT2D eigenvalue weighted by molar-refractivity contribution is 0.0326. The molecule has 1 atom stereocenters. The minimum Gasteiger partial charge on any atom is -0.379 e.